The van der Waals surface area contributed by atoms with Gasteiger partial charge in [-0.1, -0.05) is 24.3 Å². The highest BCUT2D eigenvalue weighted by Crippen LogP contribution is 2.50. The summed E-state index contributed by atoms with van der Waals surface area (Å²) in [6.07, 6.45) is -0.918. The molecular weight excluding hydrogens is 352 g/mol. The molecule has 0 radical (unpaired) electrons. The Morgan fingerprint density at radius 3 is 2.33 bits per heavy atom. The second kappa shape index (κ2) is 6.22. The fourth-order valence-corrected chi connectivity index (χ4v) is 4.34. The number of aliphatic hydroxyl groups excluding tert-OH is 1. The van der Waals surface area contributed by atoms with Gasteiger partial charge >= 0.3 is 0 Å². The summed E-state index contributed by atoms with van der Waals surface area (Å²) < 4.78 is 30.0. The van der Waals surface area contributed by atoms with Gasteiger partial charge in [-0.2, -0.15) is 0 Å². The van der Waals surface area contributed by atoms with Crippen LogP contribution in [0.3, 0.4) is 0 Å². The molecule has 3 saturated heterocycles. The molecule has 0 saturated carbocycles. The summed E-state index contributed by atoms with van der Waals surface area (Å²) in [5, 5.41) is 21.7. The zero-order valence-corrected chi connectivity index (χ0v) is 16.2. The van der Waals surface area contributed by atoms with E-state index >= 15 is 0 Å². The number of aliphatic hydroxyl groups is 2. The Morgan fingerprint density at radius 2 is 1.70 bits per heavy atom. The van der Waals surface area contributed by atoms with E-state index in [9.17, 15) is 10.2 Å². The number of fused-ring (bicyclic) bond motifs is 1. The van der Waals surface area contributed by atoms with E-state index in [1.165, 1.54) is 0 Å². The topological polar surface area (TPSA) is 86.6 Å². The van der Waals surface area contributed by atoms with Gasteiger partial charge in [0.05, 0.1) is 13.2 Å². The van der Waals surface area contributed by atoms with Crippen LogP contribution in [-0.4, -0.2) is 58.6 Å². The molecule has 2 N–H and O–H groups in total. The summed E-state index contributed by atoms with van der Waals surface area (Å²) >= 11 is 0. The van der Waals surface area contributed by atoms with Crippen LogP contribution in [0.1, 0.15) is 38.8 Å². The van der Waals surface area contributed by atoms with Crippen molar-refractivity contribution in [2.75, 3.05) is 13.2 Å². The predicted octanol–water partition coefficient (Wildman–Crippen LogP) is 1.48. The Morgan fingerprint density at radius 1 is 1.00 bits per heavy atom. The highest BCUT2D eigenvalue weighted by Gasteiger charge is 2.70. The van der Waals surface area contributed by atoms with E-state index < -0.39 is 35.2 Å². The number of rotatable bonds is 3. The summed E-state index contributed by atoms with van der Waals surface area (Å²) in [6.45, 7) is 7.39. The molecule has 0 aromatic heterocycles. The van der Waals surface area contributed by atoms with Crippen LogP contribution < -0.4 is 0 Å². The molecule has 1 spiro atoms. The van der Waals surface area contributed by atoms with Crippen molar-refractivity contribution in [3.8, 4) is 0 Å². The lowest BCUT2D eigenvalue weighted by Crippen LogP contribution is -2.71. The molecule has 1 aromatic rings. The maximum Gasteiger partial charge on any atom is 0.227 e. The molecule has 0 amide bonds. The van der Waals surface area contributed by atoms with E-state index in [2.05, 4.69) is 0 Å². The third-order valence-corrected chi connectivity index (χ3v) is 5.56. The van der Waals surface area contributed by atoms with Gasteiger partial charge in [-0.3, -0.25) is 0 Å². The minimum atomic E-state index is -1.57. The van der Waals surface area contributed by atoms with Crippen molar-refractivity contribution >= 4 is 0 Å². The van der Waals surface area contributed by atoms with Crippen LogP contribution in [0.5, 0.6) is 0 Å². The maximum absolute atomic E-state index is 12.0. The molecule has 3 aliphatic rings. The van der Waals surface area contributed by atoms with Gasteiger partial charge in [-0.25, -0.2) is 0 Å². The number of benzene rings is 1. The average Bonchev–Trinajstić information content (AvgIpc) is 3.09. The Labute approximate surface area is 159 Å². The predicted molar refractivity (Wildman–Crippen MR) is 94.6 cm³/mol. The Bertz CT molecular complexity index is 716. The molecule has 0 aliphatic carbocycles. The van der Waals surface area contributed by atoms with Gasteiger partial charge < -0.3 is 33.9 Å². The minimum Gasteiger partial charge on any atom is -0.392 e. The van der Waals surface area contributed by atoms with Crippen LogP contribution in [-0.2, 0) is 36.7 Å². The maximum atomic E-state index is 12.0. The molecule has 7 heteroatoms. The van der Waals surface area contributed by atoms with E-state index in [-0.39, 0.29) is 26.2 Å². The van der Waals surface area contributed by atoms with Gasteiger partial charge in [0.2, 0.25) is 5.79 Å². The SMILES string of the molecule is CC1(C)O[C@@H]2[C@@H](CO[C@]3(COC(C)(C)O3)[C@@]2(O)Cc2ccccc2CO)O1. The molecule has 3 heterocycles. The van der Waals surface area contributed by atoms with Crippen molar-refractivity contribution in [2.24, 2.45) is 0 Å². The van der Waals surface area contributed by atoms with Crippen molar-refractivity contribution < 1.29 is 33.9 Å². The first-order valence-corrected chi connectivity index (χ1v) is 9.34. The smallest absolute Gasteiger partial charge is 0.227 e. The van der Waals surface area contributed by atoms with Crippen LogP contribution >= 0.6 is 0 Å². The summed E-state index contributed by atoms with van der Waals surface area (Å²) in [5.41, 5.74) is -0.0322. The lowest BCUT2D eigenvalue weighted by Gasteiger charge is -2.50. The summed E-state index contributed by atoms with van der Waals surface area (Å²) in [5.74, 6) is -3.13. The molecule has 3 aliphatic heterocycles. The van der Waals surface area contributed by atoms with Gasteiger partial charge in [0.25, 0.3) is 0 Å². The largest absolute Gasteiger partial charge is 0.392 e. The Balaban J connectivity index is 1.77. The molecule has 150 valence electrons. The normalized spacial score (nSPS) is 39.6. The molecule has 4 rings (SSSR count). The van der Waals surface area contributed by atoms with E-state index in [1.54, 1.807) is 13.8 Å². The van der Waals surface area contributed by atoms with Crippen LogP contribution in [0.25, 0.3) is 0 Å². The molecule has 3 fully saturated rings. The van der Waals surface area contributed by atoms with Crippen LogP contribution in [0.2, 0.25) is 0 Å². The third kappa shape index (κ3) is 3.11. The molecule has 0 bridgehead atoms. The fourth-order valence-electron chi connectivity index (χ4n) is 4.34. The second-order valence-corrected chi connectivity index (χ2v) is 8.48. The number of hydrogen-bond acceptors (Lipinski definition) is 7. The highest BCUT2D eigenvalue weighted by atomic mass is 16.9. The number of hydrogen-bond donors (Lipinski definition) is 2. The summed E-state index contributed by atoms with van der Waals surface area (Å²) in [4.78, 5) is 0. The molecule has 7 nitrogen and oxygen atoms in total. The van der Waals surface area contributed by atoms with E-state index in [0.717, 1.165) is 11.1 Å². The van der Waals surface area contributed by atoms with Crippen molar-refractivity contribution in [1.29, 1.82) is 0 Å². The average molecular weight is 380 g/mol. The van der Waals surface area contributed by atoms with Gasteiger partial charge in [0, 0.05) is 6.42 Å². The Hall–Kier alpha value is -1.06. The zero-order valence-electron chi connectivity index (χ0n) is 16.2. The van der Waals surface area contributed by atoms with Gasteiger partial charge in [0.1, 0.15) is 18.8 Å². The molecule has 0 unspecified atom stereocenters. The van der Waals surface area contributed by atoms with Gasteiger partial charge in [-0.05, 0) is 38.8 Å². The minimum absolute atomic E-state index is 0.0742. The van der Waals surface area contributed by atoms with Crippen molar-refractivity contribution in [3.05, 3.63) is 35.4 Å². The van der Waals surface area contributed by atoms with E-state index in [0.29, 0.717) is 0 Å². The van der Waals surface area contributed by atoms with Gasteiger partial charge in [0.15, 0.2) is 17.2 Å². The standard InChI is InChI=1S/C20H28O7/c1-17(2)24-12-20(27-17)19(22,9-13-7-5-6-8-14(13)10-21)16-15(11-23-20)25-18(3,4)26-16/h5-8,15-16,21-22H,9-12H2,1-4H3/t15-,16-,19-,20+/m1/s1. The lowest BCUT2D eigenvalue weighted by molar-refractivity contribution is -0.366. The first kappa shape index (κ1) is 19.3. The monoisotopic (exact) mass is 380 g/mol. The van der Waals surface area contributed by atoms with Crippen molar-refractivity contribution in [3.63, 3.8) is 0 Å². The van der Waals surface area contributed by atoms with Crippen LogP contribution in [0.4, 0.5) is 0 Å². The molecule has 1 aromatic carbocycles. The van der Waals surface area contributed by atoms with Gasteiger partial charge in [-0.15, -0.1) is 0 Å². The quantitative estimate of drug-likeness (QED) is 0.821. The fraction of sp³-hybridized carbons (Fsp3) is 0.700. The van der Waals surface area contributed by atoms with Crippen LogP contribution in [0.15, 0.2) is 24.3 Å². The zero-order chi connectivity index (χ0) is 19.5. The first-order valence-electron chi connectivity index (χ1n) is 9.34. The number of ether oxygens (including phenoxy) is 5. The van der Waals surface area contributed by atoms with E-state index in [1.807, 2.05) is 38.1 Å². The first-order chi connectivity index (χ1) is 12.6. The molecule has 4 atom stereocenters. The Kier molecular flexibility index (Phi) is 4.44. The second-order valence-electron chi connectivity index (χ2n) is 8.48. The lowest BCUT2D eigenvalue weighted by atomic mass is 9.77. The van der Waals surface area contributed by atoms with Crippen molar-refractivity contribution in [2.45, 2.75) is 75.9 Å². The van der Waals surface area contributed by atoms with E-state index in [4.69, 9.17) is 23.7 Å². The molecule has 27 heavy (non-hydrogen) atoms. The highest BCUT2D eigenvalue weighted by molar-refractivity contribution is 5.30. The summed E-state index contributed by atoms with van der Waals surface area (Å²) in [6, 6.07) is 7.43. The molecular formula is C20H28O7. The van der Waals surface area contributed by atoms with Crippen molar-refractivity contribution in [1.82, 2.24) is 0 Å². The summed E-state index contributed by atoms with van der Waals surface area (Å²) in [7, 11) is 0. The third-order valence-electron chi connectivity index (χ3n) is 5.56. The van der Waals surface area contributed by atoms with Crippen LogP contribution in [0, 0.1) is 0 Å².